The van der Waals surface area contributed by atoms with E-state index in [1.165, 1.54) is 44.9 Å². The summed E-state index contributed by atoms with van der Waals surface area (Å²) in [6, 6.07) is 3.71. The van der Waals surface area contributed by atoms with Gasteiger partial charge in [-0.2, -0.15) is 0 Å². The molecule has 0 saturated heterocycles. The van der Waals surface area contributed by atoms with Crippen molar-refractivity contribution in [3.05, 3.63) is 23.3 Å². The number of benzene rings is 1. The second-order valence-electron chi connectivity index (χ2n) is 6.70. The molecular formula is C20H30O3. The summed E-state index contributed by atoms with van der Waals surface area (Å²) >= 11 is 0. The molecule has 3 nitrogen and oxygen atoms in total. The van der Waals surface area contributed by atoms with Gasteiger partial charge in [-0.3, -0.25) is 4.79 Å². The van der Waals surface area contributed by atoms with Crippen LogP contribution in [0.15, 0.2) is 12.1 Å². The quantitative estimate of drug-likeness (QED) is 0.503. The van der Waals surface area contributed by atoms with Crippen LogP contribution in [0.2, 0.25) is 0 Å². The van der Waals surface area contributed by atoms with Gasteiger partial charge in [0.25, 0.3) is 0 Å². The highest BCUT2D eigenvalue weighted by atomic mass is 16.5. The van der Waals surface area contributed by atoms with E-state index < -0.39 is 0 Å². The lowest BCUT2D eigenvalue weighted by Crippen LogP contribution is -2.06. The number of carbonyl (C=O) groups excluding carboxylic acids is 1. The molecule has 128 valence electrons. The average Bonchev–Trinajstić information content (AvgIpc) is 2.83. The number of carbonyl (C=O) groups is 1. The second kappa shape index (κ2) is 8.95. The fourth-order valence-corrected chi connectivity index (χ4v) is 3.61. The number of aryl methyl sites for hydroxylation is 1. The molecule has 3 heteroatoms. The molecule has 2 rings (SSSR count). The van der Waals surface area contributed by atoms with Crippen LogP contribution in [-0.2, 0) is 0 Å². The van der Waals surface area contributed by atoms with E-state index in [9.17, 15) is 4.79 Å². The van der Waals surface area contributed by atoms with Crippen LogP contribution in [0.3, 0.4) is 0 Å². The molecule has 0 unspecified atom stereocenters. The Balaban J connectivity index is 1.94. The fraction of sp³-hybridized carbons (Fsp3) is 0.650. The van der Waals surface area contributed by atoms with E-state index in [2.05, 4.69) is 0 Å². The number of ketones is 1. The van der Waals surface area contributed by atoms with Gasteiger partial charge in [0.2, 0.25) is 0 Å². The van der Waals surface area contributed by atoms with Crippen LogP contribution in [0.5, 0.6) is 11.5 Å². The number of ether oxygens (including phenoxy) is 2. The first-order chi connectivity index (χ1) is 11.2. The maximum Gasteiger partial charge on any atom is 0.166 e. The third-order valence-corrected chi connectivity index (χ3v) is 5.01. The minimum absolute atomic E-state index is 0.161. The Kier molecular flexibility index (Phi) is 6.94. The van der Waals surface area contributed by atoms with E-state index in [-0.39, 0.29) is 5.78 Å². The van der Waals surface area contributed by atoms with Crippen molar-refractivity contribution in [3.8, 4) is 11.5 Å². The van der Waals surface area contributed by atoms with Crippen molar-refractivity contribution in [3.63, 3.8) is 0 Å². The van der Waals surface area contributed by atoms with Gasteiger partial charge in [0, 0.05) is 6.42 Å². The first kappa shape index (κ1) is 17.8. The van der Waals surface area contributed by atoms with Gasteiger partial charge >= 0.3 is 0 Å². The Hall–Kier alpha value is -1.51. The Morgan fingerprint density at radius 2 is 1.70 bits per heavy atom. The fourth-order valence-electron chi connectivity index (χ4n) is 3.61. The predicted octanol–water partition coefficient (Wildman–Crippen LogP) is 5.34. The molecule has 1 fully saturated rings. The second-order valence-corrected chi connectivity index (χ2v) is 6.70. The van der Waals surface area contributed by atoms with E-state index in [4.69, 9.17) is 9.47 Å². The Morgan fingerprint density at radius 1 is 1.04 bits per heavy atom. The molecule has 1 aromatic carbocycles. The third kappa shape index (κ3) is 4.98. The van der Waals surface area contributed by atoms with Gasteiger partial charge < -0.3 is 9.47 Å². The summed E-state index contributed by atoms with van der Waals surface area (Å²) in [6.45, 7) is 1.96. The van der Waals surface area contributed by atoms with Gasteiger partial charge in [0.15, 0.2) is 5.78 Å². The van der Waals surface area contributed by atoms with Crippen molar-refractivity contribution < 1.29 is 14.3 Å². The van der Waals surface area contributed by atoms with E-state index >= 15 is 0 Å². The molecule has 1 saturated carbocycles. The molecule has 0 amide bonds. The summed E-state index contributed by atoms with van der Waals surface area (Å²) in [6.07, 6.45) is 10.9. The molecule has 0 atom stereocenters. The molecule has 0 radical (unpaired) electrons. The lowest BCUT2D eigenvalue weighted by Gasteiger charge is -2.14. The zero-order chi connectivity index (χ0) is 16.7. The van der Waals surface area contributed by atoms with Crippen LogP contribution < -0.4 is 9.47 Å². The largest absolute Gasteiger partial charge is 0.496 e. The van der Waals surface area contributed by atoms with Gasteiger partial charge in [-0.15, -0.1) is 0 Å². The van der Waals surface area contributed by atoms with Gasteiger partial charge in [0.1, 0.15) is 11.5 Å². The molecule has 0 aromatic heterocycles. The molecule has 1 aliphatic carbocycles. The molecule has 0 aliphatic heterocycles. The molecule has 0 bridgehead atoms. The summed E-state index contributed by atoms with van der Waals surface area (Å²) in [4.78, 5) is 12.6. The highest BCUT2D eigenvalue weighted by Crippen LogP contribution is 2.31. The zero-order valence-corrected chi connectivity index (χ0v) is 14.8. The topological polar surface area (TPSA) is 35.5 Å². The Bertz CT molecular complexity index is 514. The van der Waals surface area contributed by atoms with Crippen LogP contribution in [0.1, 0.15) is 73.7 Å². The highest BCUT2D eigenvalue weighted by Gasteiger charge is 2.17. The summed E-state index contributed by atoms with van der Waals surface area (Å²) in [5, 5.41) is 0. The molecule has 1 aromatic rings. The van der Waals surface area contributed by atoms with E-state index in [1.807, 2.05) is 19.1 Å². The van der Waals surface area contributed by atoms with Crippen LogP contribution in [-0.4, -0.2) is 20.0 Å². The van der Waals surface area contributed by atoms with Gasteiger partial charge in [-0.25, -0.2) is 0 Å². The molecule has 23 heavy (non-hydrogen) atoms. The third-order valence-electron chi connectivity index (χ3n) is 5.01. The average molecular weight is 318 g/mol. The van der Waals surface area contributed by atoms with Crippen molar-refractivity contribution in [2.24, 2.45) is 5.92 Å². The smallest absolute Gasteiger partial charge is 0.166 e. The molecule has 0 N–H and O–H groups in total. The van der Waals surface area contributed by atoms with Crippen LogP contribution >= 0.6 is 0 Å². The van der Waals surface area contributed by atoms with Crippen LogP contribution in [0.25, 0.3) is 0 Å². The maximum absolute atomic E-state index is 12.6. The van der Waals surface area contributed by atoms with Crippen molar-refractivity contribution >= 4 is 5.78 Å². The lowest BCUT2D eigenvalue weighted by molar-refractivity contribution is 0.0974. The van der Waals surface area contributed by atoms with Crippen molar-refractivity contribution in [1.29, 1.82) is 0 Å². The Labute approximate surface area is 140 Å². The van der Waals surface area contributed by atoms with E-state index in [0.717, 1.165) is 23.7 Å². The normalized spacial score (nSPS) is 16.0. The number of hydrogen-bond acceptors (Lipinski definition) is 3. The van der Waals surface area contributed by atoms with Crippen molar-refractivity contribution in [2.45, 2.75) is 64.7 Å². The first-order valence-electron chi connectivity index (χ1n) is 8.91. The monoisotopic (exact) mass is 318 g/mol. The lowest BCUT2D eigenvalue weighted by atomic mass is 9.92. The number of methoxy groups -OCH3 is 2. The van der Waals surface area contributed by atoms with E-state index in [1.54, 1.807) is 14.2 Å². The number of rotatable bonds is 7. The van der Waals surface area contributed by atoms with Crippen molar-refractivity contribution in [2.75, 3.05) is 14.2 Å². The maximum atomic E-state index is 12.6. The van der Waals surface area contributed by atoms with Gasteiger partial charge in [-0.1, -0.05) is 44.9 Å². The Morgan fingerprint density at radius 3 is 2.30 bits per heavy atom. The van der Waals surface area contributed by atoms with E-state index in [0.29, 0.717) is 17.7 Å². The minimum Gasteiger partial charge on any atom is -0.496 e. The van der Waals surface area contributed by atoms with Crippen LogP contribution in [0.4, 0.5) is 0 Å². The summed E-state index contributed by atoms with van der Waals surface area (Å²) < 4.78 is 10.7. The van der Waals surface area contributed by atoms with Crippen molar-refractivity contribution in [1.82, 2.24) is 0 Å². The molecule has 0 heterocycles. The zero-order valence-electron chi connectivity index (χ0n) is 14.8. The summed E-state index contributed by atoms with van der Waals surface area (Å²) in [7, 11) is 3.25. The summed E-state index contributed by atoms with van der Waals surface area (Å²) in [5.41, 5.74) is 1.63. The van der Waals surface area contributed by atoms with Gasteiger partial charge in [0.05, 0.1) is 19.8 Å². The summed E-state index contributed by atoms with van der Waals surface area (Å²) in [5.74, 6) is 2.38. The molecular weight excluding hydrogens is 288 g/mol. The number of Topliss-reactive ketones (excluding diaryl/α,β-unsaturated/α-hetero) is 1. The standard InChI is InChI=1S/C20H30O3/c1-15-13-20(23-3)17(14-19(15)22-2)18(21)12-8-11-16-9-6-4-5-7-10-16/h13-14,16H,4-12H2,1-3H3. The highest BCUT2D eigenvalue weighted by molar-refractivity contribution is 5.99. The van der Waals surface area contributed by atoms with Crippen LogP contribution in [0, 0.1) is 12.8 Å². The van der Waals surface area contributed by atoms with Gasteiger partial charge in [-0.05, 0) is 37.0 Å². The first-order valence-corrected chi connectivity index (χ1v) is 8.91. The molecule has 0 spiro atoms. The molecule has 1 aliphatic rings. The predicted molar refractivity (Wildman–Crippen MR) is 93.7 cm³/mol. The minimum atomic E-state index is 0.161. The number of hydrogen-bond donors (Lipinski definition) is 0. The SMILES string of the molecule is COc1cc(C(=O)CCCC2CCCCCC2)c(OC)cc1C.